The van der Waals surface area contributed by atoms with Gasteiger partial charge < -0.3 is 9.84 Å². The summed E-state index contributed by atoms with van der Waals surface area (Å²) in [6, 6.07) is 22.6. The number of aromatic nitrogens is 1. The van der Waals surface area contributed by atoms with Crippen LogP contribution in [0.4, 0.5) is 13.2 Å². The molecular formula is C46H53F3IrNO3-. The maximum Gasteiger partial charge on any atom is 0.389 e. The fourth-order valence-electron chi connectivity index (χ4n) is 7.32. The number of nitrogens with zero attached hydrogens (tertiary/aromatic N) is 1. The predicted molar refractivity (Wildman–Crippen MR) is 212 cm³/mol. The molecule has 2 heterocycles. The van der Waals surface area contributed by atoms with E-state index in [1.54, 1.807) is 0 Å². The minimum Gasteiger partial charge on any atom is -0.512 e. The number of ether oxygens (including phenoxy) is 1. The van der Waals surface area contributed by atoms with E-state index in [0.29, 0.717) is 12.8 Å². The van der Waals surface area contributed by atoms with Gasteiger partial charge in [-0.25, -0.2) is 0 Å². The number of carbonyl (C=O) groups excluding carboxylic acids is 1. The topological polar surface area (TPSA) is 59.4 Å². The maximum absolute atomic E-state index is 12.2. The first-order valence-corrected chi connectivity index (χ1v) is 18.8. The Bertz CT molecular complexity index is 2210. The van der Waals surface area contributed by atoms with Crippen LogP contribution in [0.1, 0.15) is 100 Å². The van der Waals surface area contributed by atoms with Gasteiger partial charge in [0.05, 0.1) is 19.3 Å². The van der Waals surface area contributed by atoms with E-state index in [4.69, 9.17) is 11.1 Å². The Balaban J connectivity index is 0.000000304. The maximum atomic E-state index is 12.2. The summed E-state index contributed by atoms with van der Waals surface area (Å²) in [6.07, 6.45) is -0.988. The Hall–Kier alpha value is -3.74. The average Bonchev–Trinajstić information content (AvgIpc) is 3.07. The molecule has 1 aromatic heterocycles. The zero-order chi connectivity index (χ0) is 39.7. The van der Waals surface area contributed by atoms with Crippen LogP contribution in [0.3, 0.4) is 0 Å². The summed E-state index contributed by atoms with van der Waals surface area (Å²) >= 11 is 0. The van der Waals surface area contributed by atoms with Gasteiger partial charge in [0.25, 0.3) is 0 Å². The van der Waals surface area contributed by atoms with Crippen LogP contribution in [0.2, 0.25) is 0 Å². The van der Waals surface area contributed by atoms with E-state index in [2.05, 4.69) is 96.1 Å². The van der Waals surface area contributed by atoms with Crippen LogP contribution in [0.25, 0.3) is 43.6 Å². The summed E-state index contributed by atoms with van der Waals surface area (Å²) in [4.78, 5) is 16.4. The number of carbonyl (C=O) groups is 1. The van der Waals surface area contributed by atoms with Gasteiger partial charge in [0.2, 0.25) is 0 Å². The van der Waals surface area contributed by atoms with E-state index in [1.807, 2.05) is 19.9 Å². The van der Waals surface area contributed by atoms with E-state index in [-0.39, 0.29) is 55.2 Å². The van der Waals surface area contributed by atoms with Gasteiger partial charge in [-0.2, -0.15) is 13.2 Å². The van der Waals surface area contributed by atoms with E-state index in [0.717, 1.165) is 63.2 Å². The molecular weight excluding hydrogens is 864 g/mol. The van der Waals surface area contributed by atoms with Crippen molar-refractivity contribution in [2.24, 2.45) is 22.7 Å². The number of benzene rings is 4. The molecule has 1 unspecified atom stereocenters. The first-order chi connectivity index (χ1) is 25.2. The minimum atomic E-state index is -4.35. The monoisotopic (exact) mass is 918 g/mol. The number of alkyl halides is 3. The number of aliphatic hydroxyl groups is 1. The van der Waals surface area contributed by atoms with Crippen molar-refractivity contribution in [2.75, 3.05) is 0 Å². The molecule has 8 heteroatoms. The van der Waals surface area contributed by atoms with Gasteiger partial charge in [-0.1, -0.05) is 115 Å². The third kappa shape index (κ3) is 9.92. The van der Waals surface area contributed by atoms with Gasteiger partial charge in [0, 0.05) is 55.3 Å². The first kappa shape index (κ1) is 41.4. The van der Waals surface area contributed by atoms with Gasteiger partial charge in [0.1, 0.15) is 5.75 Å². The van der Waals surface area contributed by atoms with E-state index in [9.17, 15) is 23.1 Å². The first-order valence-electron chi connectivity index (χ1n) is 19.3. The summed E-state index contributed by atoms with van der Waals surface area (Å²) in [5.41, 5.74) is 4.39. The van der Waals surface area contributed by atoms with E-state index < -0.39 is 24.3 Å². The molecule has 1 aliphatic rings. The van der Waals surface area contributed by atoms with Crippen LogP contribution >= 0.6 is 0 Å². The van der Waals surface area contributed by atoms with Crippen molar-refractivity contribution < 1.29 is 49.3 Å². The SMILES string of the molecule is CCC(CC(F)(F)F)C(=O)/C=C(\O)C(CC)CC.[2H]c1cc2c3c(cc4c(CC(C)(C)C)cccc42)Oc2c([c-]c4ccccc4c2CC(C)(C)C)-c3n1.[Ir]. The second-order valence-corrected chi connectivity index (χ2v) is 16.7. The number of rotatable bonds is 9. The normalized spacial score (nSPS) is 13.9. The molecule has 0 saturated carbocycles. The van der Waals surface area contributed by atoms with Crippen LogP contribution < -0.4 is 4.74 Å². The molecule has 1 N–H and O–H groups in total. The number of ketones is 1. The van der Waals surface area contributed by atoms with Crippen molar-refractivity contribution in [1.82, 2.24) is 4.98 Å². The molecule has 1 aliphatic heterocycles. The summed E-state index contributed by atoms with van der Waals surface area (Å²) < 4.78 is 52.2. The summed E-state index contributed by atoms with van der Waals surface area (Å²) in [6.45, 7) is 18.8. The molecule has 0 spiro atoms. The predicted octanol–water partition coefficient (Wildman–Crippen LogP) is 13.7. The summed E-state index contributed by atoms with van der Waals surface area (Å²) in [5.74, 6) is -0.334. The molecule has 0 fully saturated rings. The summed E-state index contributed by atoms with van der Waals surface area (Å²) in [7, 11) is 0. The van der Waals surface area contributed by atoms with Crippen molar-refractivity contribution in [2.45, 2.75) is 107 Å². The van der Waals surface area contributed by atoms with Crippen LogP contribution in [0.5, 0.6) is 11.5 Å². The van der Waals surface area contributed by atoms with Gasteiger partial charge >= 0.3 is 6.18 Å². The number of aliphatic hydroxyl groups excluding tert-OH is 1. The Kier molecular flexibility index (Phi) is 13.0. The molecule has 6 rings (SSSR count). The van der Waals surface area contributed by atoms with Gasteiger partial charge in [-0.15, -0.1) is 17.5 Å². The van der Waals surface area contributed by atoms with Crippen molar-refractivity contribution in [3.63, 3.8) is 0 Å². The molecule has 0 aliphatic carbocycles. The summed E-state index contributed by atoms with van der Waals surface area (Å²) in [5, 5.41) is 16.3. The molecule has 4 nitrogen and oxygen atoms in total. The molecule has 0 bridgehead atoms. The van der Waals surface area contributed by atoms with Crippen molar-refractivity contribution >= 4 is 38.1 Å². The molecule has 0 saturated heterocycles. The number of hydrogen-bond donors (Lipinski definition) is 1. The number of hydrogen-bond acceptors (Lipinski definition) is 4. The molecule has 5 aromatic rings. The fraction of sp³-hybridized carbons (Fsp3) is 0.435. The Morgan fingerprint density at radius 2 is 1.50 bits per heavy atom. The van der Waals surface area contributed by atoms with Gasteiger partial charge in [0.15, 0.2) is 5.78 Å². The van der Waals surface area contributed by atoms with Crippen LogP contribution in [-0.2, 0) is 37.7 Å². The third-order valence-corrected chi connectivity index (χ3v) is 9.86. The van der Waals surface area contributed by atoms with Crippen LogP contribution in [0, 0.1) is 28.7 Å². The average molecular weight is 918 g/mol. The number of halogens is 3. The van der Waals surface area contributed by atoms with Crippen molar-refractivity contribution in [3.8, 4) is 22.8 Å². The largest absolute Gasteiger partial charge is 0.512 e. The van der Waals surface area contributed by atoms with Crippen molar-refractivity contribution in [1.29, 1.82) is 0 Å². The van der Waals surface area contributed by atoms with Crippen LogP contribution in [-0.4, -0.2) is 22.1 Å². The molecule has 4 aromatic carbocycles. The quantitative estimate of drug-likeness (QED) is 0.0679. The van der Waals surface area contributed by atoms with Crippen molar-refractivity contribution in [3.05, 3.63) is 89.8 Å². The standard InChI is InChI=1S/C33H32NO.C13H21F3O2.Ir/c1-32(2,3)18-21-11-9-13-23-24-14-15-34-30-26-16-20-10-7-8-12-22(20)27(19-33(4,5)6)31(26)35-28(29(24)30)17-25(21)23;1-4-9(5-2)11(17)7-12(18)10(6-3)8-13(14,15)16;/h7-15,17H,18-19H2,1-6H3;7,9-10,17H,4-6,8H2,1-3H3;/q-1;;/b;11-7-;/i15D;;. The van der Waals surface area contributed by atoms with E-state index in [1.165, 1.54) is 28.8 Å². The molecule has 54 heavy (non-hydrogen) atoms. The smallest absolute Gasteiger partial charge is 0.389 e. The zero-order valence-corrected chi connectivity index (χ0v) is 35.2. The Morgan fingerprint density at radius 3 is 2.11 bits per heavy atom. The number of pyridine rings is 1. The van der Waals surface area contributed by atoms with Gasteiger partial charge in [-0.3, -0.25) is 9.78 Å². The number of fused-ring (bicyclic) bond motifs is 5. The Morgan fingerprint density at radius 1 is 0.870 bits per heavy atom. The molecule has 291 valence electrons. The van der Waals surface area contributed by atoms with E-state index >= 15 is 0 Å². The Labute approximate surface area is 333 Å². The second kappa shape index (κ2) is 17.0. The molecule has 1 atom stereocenters. The number of allylic oxidation sites excluding steroid dienone is 2. The minimum absolute atomic E-state index is 0. The van der Waals surface area contributed by atoms with Crippen LogP contribution in [0.15, 0.2) is 72.6 Å². The fourth-order valence-corrected chi connectivity index (χ4v) is 7.32. The molecule has 1 radical (unpaired) electrons. The van der Waals surface area contributed by atoms with Gasteiger partial charge in [-0.05, 0) is 76.8 Å². The second-order valence-electron chi connectivity index (χ2n) is 16.7. The zero-order valence-electron chi connectivity index (χ0n) is 33.8. The third-order valence-electron chi connectivity index (χ3n) is 9.86. The molecule has 0 amide bonds.